The molecule has 3 aromatic rings. The largest absolute Gasteiger partial charge is 0.342 e. The van der Waals surface area contributed by atoms with Crippen LogP contribution in [0.5, 0.6) is 0 Å². The molecule has 3 heterocycles. The van der Waals surface area contributed by atoms with Gasteiger partial charge in [-0.15, -0.1) is 0 Å². The molecule has 2 aliphatic rings. The van der Waals surface area contributed by atoms with Crippen molar-refractivity contribution in [3.63, 3.8) is 0 Å². The molecule has 1 aliphatic heterocycles. The highest BCUT2D eigenvalue weighted by Crippen LogP contribution is 2.39. The minimum Gasteiger partial charge on any atom is -0.342 e. The van der Waals surface area contributed by atoms with Gasteiger partial charge in [0, 0.05) is 31.1 Å². The van der Waals surface area contributed by atoms with Crippen LogP contribution in [0.3, 0.4) is 0 Å². The topological polar surface area (TPSA) is 77.7 Å². The van der Waals surface area contributed by atoms with Crippen molar-refractivity contribution in [2.45, 2.75) is 38.0 Å². The molecule has 2 fully saturated rings. The molecule has 1 unspecified atom stereocenters. The van der Waals surface area contributed by atoms with Gasteiger partial charge in [0.25, 0.3) is 5.91 Å². The fourth-order valence-electron chi connectivity index (χ4n) is 4.00. The average Bonchev–Trinajstić information content (AvgIpc) is 3.25. The summed E-state index contributed by atoms with van der Waals surface area (Å²) in [7, 11) is 0. The van der Waals surface area contributed by atoms with Gasteiger partial charge in [0.05, 0.1) is 11.0 Å². The second-order valence-corrected chi connectivity index (χ2v) is 7.65. The Bertz CT molecular complexity index is 905. The molecule has 1 aliphatic carbocycles. The van der Waals surface area contributed by atoms with Crippen molar-refractivity contribution in [3.05, 3.63) is 47.5 Å². The van der Waals surface area contributed by atoms with Crippen molar-refractivity contribution in [2.75, 3.05) is 13.1 Å². The molecular formula is C20H23N5O. The highest BCUT2D eigenvalue weighted by molar-refractivity contribution is 5.92. The number of aromatic nitrogens is 4. The number of nitrogens with zero attached hydrogens (tertiary/aromatic N) is 3. The monoisotopic (exact) mass is 349 g/mol. The maximum absolute atomic E-state index is 12.8. The highest BCUT2D eigenvalue weighted by Gasteiger charge is 2.29. The van der Waals surface area contributed by atoms with E-state index < -0.39 is 0 Å². The predicted octanol–water partition coefficient (Wildman–Crippen LogP) is 3.26. The van der Waals surface area contributed by atoms with Crippen LogP contribution in [-0.4, -0.2) is 44.1 Å². The lowest BCUT2D eigenvalue weighted by Gasteiger charge is -2.32. The van der Waals surface area contributed by atoms with Crippen LogP contribution in [0.15, 0.2) is 30.3 Å². The van der Waals surface area contributed by atoms with Crippen LogP contribution in [0.25, 0.3) is 11.0 Å². The second-order valence-electron chi connectivity index (χ2n) is 7.65. The maximum atomic E-state index is 12.8. The molecule has 1 saturated heterocycles. The van der Waals surface area contributed by atoms with E-state index >= 15 is 0 Å². The summed E-state index contributed by atoms with van der Waals surface area (Å²) in [6.07, 6.45) is 5.47. The Morgan fingerprint density at radius 2 is 2.12 bits per heavy atom. The Labute approximate surface area is 152 Å². The zero-order chi connectivity index (χ0) is 17.5. The van der Waals surface area contributed by atoms with Gasteiger partial charge >= 0.3 is 0 Å². The van der Waals surface area contributed by atoms with Gasteiger partial charge in [-0.1, -0.05) is 12.1 Å². The first kappa shape index (κ1) is 15.6. The number of benzene rings is 1. The van der Waals surface area contributed by atoms with Crippen LogP contribution in [0.2, 0.25) is 0 Å². The molecule has 2 N–H and O–H groups in total. The first-order valence-electron chi connectivity index (χ1n) is 9.54. The zero-order valence-corrected chi connectivity index (χ0v) is 14.7. The van der Waals surface area contributed by atoms with Crippen molar-refractivity contribution in [1.29, 1.82) is 0 Å². The number of hydrogen-bond acceptors (Lipinski definition) is 3. The molecule has 1 atom stereocenters. The number of carbonyl (C=O) groups excluding carboxylic acids is 1. The number of hydrogen-bond donors (Lipinski definition) is 2. The van der Waals surface area contributed by atoms with Crippen molar-refractivity contribution in [2.24, 2.45) is 5.92 Å². The Morgan fingerprint density at radius 1 is 1.23 bits per heavy atom. The van der Waals surface area contributed by atoms with Crippen LogP contribution in [0.1, 0.15) is 53.6 Å². The van der Waals surface area contributed by atoms with E-state index in [0.29, 0.717) is 17.5 Å². The summed E-state index contributed by atoms with van der Waals surface area (Å²) in [6.45, 7) is 1.60. The lowest BCUT2D eigenvalue weighted by molar-refractivity contribution is 0.0666. The van der Waals surface area contributed by atoms with E-state index in [1.54, 1.807) is 0 Å². The molecule has 6 heteroatoms. The van der Waals surface area contributed by atoms with Crippen LogP contribution in [0.4, 0.5) is 0 Å². The van der Waals surface area contributed by atoms with Gasteiger partial charge in [-0.3, -0.25) is 9.89 Å². The maximum Gasteiger partial charge on any atom is 0.274 e. The number of fused-ring (bicyclic) bond motifs is 1. The summed E-state index contributed by atoms with van der Waals surface area (Å²) >= 11 is 0. The molecule has 6 nitrogen and oxygen atoms in total. The standard InChI is InChI=1S/C20H23N5O/c26-20(18-11-17(23-24-18)14-7-8-14)25-9-3-4-13(12-25)10-19-21-15-5-1-2-6-16(15)22-19/h1-2,5-6,11,13-14H,3-4,7-10,12H2,(H,21,22)(H,23,24). The Balaban J connectivity index is 1.27. The molecule has 0 radical (unpaired) electrons. The summed E-state index contributed by atoms with van der Waals surface area (Å²) in [4.78, 5) is 22.9. The molecule has 0 bridgehead atoms. The van der Waals surface area contributed by atoms with E-state index in [-0.39, 0.29) is 5.91 Å². The van der Waals surface area contributed by atoms with E-state index in [0.717, 1.165) is 54.9 Å². The number of likely N-dealkylation sites (tertiary alicyclic amines) is 1. The SMILES string of the molecule is O=C(c1cc(C2CC2)[nH]n1)N1CCCC(Cc2nc3ccccc3[nH]2)C1. The number of imidazole rings is 1. The minimum absolute atomic E-state index is 0.0578. The van der Waals surface area contributed by atoms with E-state index in [4.69, 9.17) is 0 Å². The molecule has 0 spiro atoms. The van der Waals surface area contributed by atoms with Gasteiger partial charge < -0.3 is 9.88 Å². The average molecular weight is 349 g/mol. The lowest BCUT2D eigenvalue weighted by Crippen LogP contribution is -2.40. The Hall–Kier alpha value is -2.63. The van der Waals surface area contributed by atoms with Crippen LogP contribution in [0, 0.1) is 5.92 Å². The number of rotatable bonds is 4. The van der Waals surface area contributed by atoms with Gasteiger partial charge in [0.2, 0.25) is 0 Å². The number of carbonyl (C=O) groups is 1. The lowest BCUT2D eigenvalue weighted by atomic mass is 9.94. The zero-order valence-electron chi connectivity index (χ0n) is 14.7. The number of aromatic amines is 2. The highest BCUT2D eigenvalue weighted by atomic mass is 16.2. The Kier molecular flexibility index (Phi) is 3.76. The molecular weight excluding hydrogens is 326 g/mol. The molecule has 5 rings (SSSR count). The predicted molar refractivity (Wildman–Crippen MR) is 99.0 cm³/mol. The molecule has 1 amide bonds. The quantitative estimate of drug-likeness (QED) is 0.759. The summed E-state index contributed by atoms with van der Waals surface area (Å²) in [6, 6.07) is 10.1. The number of piperidine rings is 1. The van der Waals surface area contributed by atoms with Crippen LogP contribution >= 0.6 is 0 Å². The molecule has 1 aromatic carbocycles. The first-order chi connectivity index (χ1) is 12.8. The van der Waals surface area contributed by atoms with Gasteiger partial charge in [-0.25, -0.2) is 4.98 Å². The van der Waals surface area contributed by atoms with E-state index in [1.165, 1.54) is 12.8 Å². The van der Waals surface area contributed by atoms with Gasteiger partial charge in [0.15, 0.2) is 0 Å². The van der Waals surface area contributed by atoms with Crippen LogP contribution in [-0.2, 0) is 6.42 Å². The fourth-order valence-corrected chi connectivity index (χ4v) is 4.00. The van der Waals surface area contributed by atoms with E-state index in [1.807, 2.05) is 29.2 Å². The molecule has 26 heavy (non-hydrogen) atoms. The first-order valence-corrected chi connectivity index (χ1v) is 9.54. The third-order valence-electron chi connectivity index (χ3n) is 5.56. The van der Waals surface area contributed by atoms with Gasteiger partial charge in [-0.05, 0) is 49.8 Å². The number of amides is 1. The summed E-state index contributed by atoms with van der Waals surface area (Å²) in [5.41, 5.74) is 3.77. The van der Waals surface area contributed by atoms with Crippen molar-refractivity contribution in [3.8, 4) is 0 Å². The third kappa shape index (κ3) is 3.00. The summed E-state index contributed by atoms with van der Waals surface area (Å²) in [5.74, 6) is 2.10. The Morgan fingerprint density at radius 3 is 2.96 bits per heavy atom. The molecule has 2 aromatic heterocycles. The van der Waals surface area contributed by atoms with E-state index in [2.05, 4.69) is 26.2 Å². The third-order valence-corrected chi connectivity index (χ3v) is 5.56. The number of para-hydroxylation sites is 2. The van der Waals surface area contributed by atoms with Crippen LogP contribution < -0.4 is 0 Å². The number of nitrogens with one attached hydrogen (secondary N) is 2. The summed E-state index contributed by atoms with van der Waals surface area (Å²) < 4.78 is 0. The molecule has 134 valence electrons. The normalized spacial score (nSPS) is 20.6. The van der Waals surface area contributed by atoms with Crippen molar-refractivity contribution < 1.29 is 4.79 Å². The minimum atomic E-state index is 0.0578. The molecule has 1 saturated carbocycles. The van der Waals surface area contributed by atoms with Crippen molar-refractivity contribution in [1.82, 2.24) is 25.1 Å². The van der Waals surface area contributed by atoms with Gasteiger partial charge in [0.1, 0.15) is 11.5 Å². The smallest absolute Gasteiger partial charge is 0.274 e. The van der Waals surface area contributed by atoms with Crippen molar-refractivity contribution >= 4 is 16.9 Å². The second kappa shape index (κ2) is 6.27. The fraction of sp³-hybridized carbons (Fsp3) is 0.450. The van der Waals surface area contributed by atoms with Gasteiger partial charge in [-0.2, -0.15) is 5.10 Å². The number of H-pyrrole nitrogens is 2. The van der Waals surface area contributed by atoms with E-state index in [9.17, 15) is 4.79 Å². The summed E-state index contributed by atoms with van der Waals surface area (Å²) in [5, 5.41) is 7.30.